The summed E-state index contributed by atoms with van der Waals surface area (Å²) in [6, 6.07) is 3.27. The molecule has 6 nitrogen and oxygen atoms in total. The Labute approximate surface area is 124 Å². The Morgan fingerprint density at radius 2 is 2.05 bits per heavy atom. The molecule has 0 radical (unpaired) electrons. The maximum absolute atomic E-state index is 11.4. The molecule has 0 saturated heterocycles. The van der Waals surface area contributed by atoms with Gasteiger partial charge in [0.2, 0.25) is 10.0 Å². The van der Waals surface area contributed by atoms with Crippen molar-refractivity contribution in [3.8, 4) is 5.75 Å². The van der Waals surface area contributed by atoms with Crippen LogP contribution in [0.1, 0.15) is 17.5 Å². The van der Waals surface area contributed by atoms with Gasteiger partial charge in [-0.25, -0.2) is 18.5 Å². The van der Waals surface area contributed by atoms with Crippen molar-refractivity contribution >= 4 is 10.0 Å². The van der Waals surface area contributed by atoms with Crippen molar-refractivity contribution in [3.63, 3.8) is 0 Å². The normalized spacial score (nSPS) is 11.6. The zero-order valence-corrected chi connectivity index (χ0v) is 12.9. The predicted molar refractivity (Wildman–Crippen MR) is 79.6 cm³/mol. The van der Waals surface area contributed by atoms with Crippen molar-refractivity contribution in [2.45, 2.75) is 31.7 Å². The summed E-state index contributed by atoms with van der Waals surface area (Å²) >= 11 is 0. The summed E-state index contributed by atoms with van der Waals surface area (Å²) < 4.78 is 30.6. The van der Waals surface area contributed by atoms with Gasteiger partial charge in [0.1, 0.15) is 5.75 Å². The van der Waals surface area contributed by atoms with Crippen LogP contribution in [0.2, 0.25) is 0 Å². The van der Waals surface area contributed by atoms with Gasteiger partial charge in [-0.05, 0) is 43.5 Å². The maximum Gasteiger partial charge on any atom is 0.238 e. The molecule has 0 aliphatic rings. The van der Waals surface area contributed by atoms with Gasteiger partial charge in [0.15, 0.2) is 0 Å². The van der Waals surface area contributed by atoms with Crippen LogP contribution in [0.25, 0.3) is 0 Å². The average Bonchev–Trinajstić information content (AvgIpc) is 2.90. The topological polar surface area (TPSA) is 87.2 Å². The quantitative estimate of drug-likeness (QED) is 0.821. The summed E-state index contributed by atoms with van der Waals surface area (Å²) in [7, 11) is -3.69. The number of hydrogen-bond acceptors (Lipinski definition) is 4. The molecule has 2 N–H and O–H groups in total. The molecule has 0 aliphatic heterocycles. The van der Waals surface area contributed by atoms with Crippen LogP contribution in [0.4, 0.5) is 0 Å². The molecular weight excluding hydrogens is 290 g/mol. The molecule has 0 spiro atoms. The summed E-state index contributed by atoms with van der Waals surface area (Å²) in [6.07, 6.45) is 6.23. The van der Waals surface area contributed by atoms with Crippen LogP contribution in [-0.2, 0) is 16.6 Å². The number of nitrogens with zero attached hydrogens (tertiary/aromatic N) is 2. The highest BCUT2D eigenvalue weighted by Gasteiger charge is 2.14. The molecule has 1 aromatic heterocycles. The minimum absolute atomic E-state index is 0.144. The van der Waals surface area contributed by atoms with E-state index in [0.29, 0.717) is 17.9 Å². The van der Waals surface area contributed by atoms with E-state index in [4.69, 9.17) is 9.88 Å². The second-order valence-corrected chi connectivity index (χ2v) is 6.46. The van der Waals surface area contributed by atoms with Gasteiger partial charge in [0, 0.05) is 18.9 Å². The first-order valence-electron chi connectivity index (χ1n) is 6.60. The lowest BCUT2D eigenvalue weighted by molar-refractivity contribution is 0.299. The number of benzene rings is 1. The van der Waals surface area contributed by atoms with Gasteiger partial charge < -0.3 is 9.30 Å². The van der Waals surface area contributed by atoms with E-state index < -0.39 is 10.0 Å². The molecule has 0 bridgehead atoms. The molecule has 1 aromatic carbocycles. The van der Waals surface area contributed by atoms with Gasteiger partial charge in [-0.2, -0.15) is 0 Å². The Bertz CT molecular complexity index is 709. The first kappa shape index (κ1) is 15.5. The summed E-state index contributed by atoms with van der Waals surface area (Å²) in [4.78, 5) is 4.12. The van der Waals surface area contributed by atoms with E-state index in [1.54, 1.807) is 38.5 Å². The molecule has 2 aromatic rings. The molecule has 0 fully saturated rings. The van der Waals surface area contributed by atoms with Crippen molar-refractivity contribution in [1.29, 1.82) is 0 Å². The van der Waals surface area contributed by atoms with Crippen molar-refractivity contribution in [2.75, 3.05) is 6.61 Å². The standard InChI is InChI=1S/C14H19N3O3S/c1-11-9-14(21(15,18)19)12(2)8-13(11)20-7-3-5-17-6-4-16-10-17/h4,6,8-10H,3,5,7H2,1-2H3,(H2,15,18,19). The molecule has 0 atom stereocenters. The van der Waals surface area contributed by atoms with Crippen LogP contribution >= 0.6 is 0 Å². The number of aryl methyl sites for hydroxylation is 3. The van der Waals surface area contributed by atoms with E-state index >= 15 is 0 Å². The van der Waals surface area contributed by atoms with Gasteiger partial charge in [0.25, 0.3) is 0 Å². The van der Waals surface area contributed by atoms with Gasteiger partial charge in [-0.15, -0.1) is 0 Å². The Morgan fingerprint density at radius 3 is 2.67 bits per heavy atom. The van der Waals surface area contributed by atoms with Crippen LogP contribution in [0.15, 0.2) is 35.7 Å². The van der Waals surface area contributed by atoms with Crippen LogP contribution in [0.5, 0.6) is 5.75 Å². The third kappa shape index (κ3) is 4.05. The number of imidazole rings is 1. The maximum atomic E-state index is 11.4. The van der Waals surface area contributed by atoms with Crippen LogP contribution in [0.3, 0.4) is 0 Å². The lowest BCUT2D eigenvalue weighted by atomic mass is 10.1. The number of sulfonamides is 1. The molecule has 2 rings (SSSR count). The molecule has 0 saturated carbocycles. The minimum Gasteiger partial charge on any atom is -0.493 e. The molecule has 0 aliphatic carbocycles. The van der Waals surface area contributed by atoms with Crippen LogP contribution in [-0.4, -0.2) is 24.6 Å². The largest absolute Gasteiger partial charge is 0.493 e. The summed E-state index contributed by atoms with van der Waals surface area (Å²) in [6.45, 7) is 4.89. The fourth-order valence-corrected chi connectivity index (χ4v) is 2.92. The van der Waals surface area contributed by atoms with Gasteiger partial charge in [-0.3, -0.25) is 0 Å². The fraction of sp³-hybridized carbons (Fsp3) is 0.357. The van der Waals surface area contributed by atoms with Gasteiger partial charge >= 0.3 is 0 Å². The third-order valence-corrected chi connectivity index (χ3v) is 4.21. The average molecular weight is 309 g/mol. The SMILES string of the molecule is Cc1cc(S(N)(=O)=O)c(C)cc1OCCCn1ccnc1. The highest BCUT2D eigenvalue weighted by atomic mass is 32.2. The number of aromatic nitrogens is 2. The van der Waals surface area contributed by atoms with Crippen molar-refractivity contribution in [1.82, 2.24) is 9.55 Å². The number of primary sulfonamides is 1. The Kier molecular flexibility index (Phi) is 4.64. The van der Waals surface area contributed by atoms with E-state index in [9.17, 15) is 8.42 Å². The Hall–Kier alpha value is -1.86. The molecule has 21 heavy (non-hydrogen) atoms. The smallest absolute Gasteiger partial charge is 0.238 e. The minimum atomic E-state index is -3.69. The Morgan fingerprint density at radius 1 is 1.29 bits per heavy atom. The third-order valence-electron chi connectivity index (χ3n) is 3.16. The molecule has 7 heteroatoms. The summed E-state index contributed by atoms with van der Waals surface area (Å²) in [5.41, 5.74) is 1.35. The Balaban J connectivity index is 1.99. The second kappa shape index (κ2) is 6.28. The van der Waals surface area contributed by atoms with Crippen LogP contribution in [0, 0.1) is 13.8 Å². The first-order valence-corrected chi connectivity index (χ1v) is 8.15. The van der Waals surface area contributed by atoms with Crippen molar-refractivity contribution in [3.05, 3.63) is 42.0 Å². The van der Waals surface area contributed by atoms with E-state index in [2.05, 4.69) is 4.98 Å². The molecule has 1 heterocycles. The molecule has 0 unspecified atom stereocenters. The zero-order chi connectivity index (χ0) is 15.5. The number of ether oxygens (including phenoxy) is 1. The van der Waals surface area contributed by atoms with E-state index in [-0.39, 0.29) is 4.90 Å². The van der Waals surface area contributed by atoms with E-state index in [0.717, 1.165) is 18.5 Å². The highest BCUT2D eigenvalue weighted by Crippen LogP contribution is 2.25. The molecular formula is C14H19N3O3S. The van der Waals surface area contributed by atoms with Crippen molar-refractivity contribution in [2.24, 2.45) is 5.14 Å². The van der Waals surface area contributed by atoms with Gasteiger partial charge in [0.05, 0.1) is 17.8 Å². The van der Waals surface area contributed by atoms with E-state index in [1.807, 2.05) is 10.8 Å². The molecule has 114 valence electrons. The zero-order valence-electron chi connectivity index (χ0n) is 12.1. The summed E-state index contributed by atoms with van der Waals surface area (Å²) in [5, 5.41) is 5.18. The number of nitrogens with two attached hydrogens (primary N) is 1. The number of hydrogen-bond donors (Lipinski definition) is 1. The fourth-order valence-electron chi connectivity index (χ4n) is 2.07. The predicted octanol–water partition coefficient (Wildman–Crippen LogP) is 1.62. The summed E-state index contributed by atoms with van der Waals surface area (Å²) in [5.74, 6) is 0.686. The monoisotopic (exact) mass is 309 g/mol. The number of rotatable bonds is 6. The van der Waals surface area contributed by atoms with E-state index in [1.165, 1.54) is 0 Å². The second-order valence-electron chi connectivity index (χ2n) is 4.93. The van der Waals surface area contributed by atoms with Crippen LogP contribution < -0.4 is 9.88 Å². The molecule has 0 amide bonds. The van der Waals surface area contributed by atoms with Gasteiger partial charge in [-0.1, -0.05) is 0 Å². The highest BCUT2D eigenvalue weighted by molar-refractivity contribution is 7.89. The lowest BCUT2D eigenvalue weighted by Gasteiger charge is -2.12. The van der Waals surface area contributed by atoms with Crippen molar-refractivity contribution < 1.29 is 13.2 Å². The first-order chi connectivity index (χ1) is 9.88. The lowest BCUT2D eigenvalue weighted by Crippen LogP contribution is -2.14.